The number of benzene rings is 1. The highest BCUT2D eigenvalue weighted by atomic mass is 16.6. The van der Waals surface area contributed by atoms with Crippen molar-refractivity contribution in [1.82, 2.24) is 0 Å². The molecule has 1 aromatic rings. The Balaban J connectivity index is 2.69. The standard InChI is InChI=1S/C10H11NO5/c1-7(15-2)10(12)16-9-5-3-8(4-6-9)11(13)14/h3-7H,1-2H3/t7-/m1/s1. The molecule has 1 aromatic carbocycles. The normalized spacial score (nSPS) is 11.9. The number of esters is 1. The second-order valence-electron chi connectivity index (χ2n) is 3.05. The lowest BCUT2D eigenvalue weighted by atomic mass is 10.3. The van der Waals surface area contributed by atoms with Gasteiger partial charge in [0.05, 0.1) is 4.92 Å². The van der Waals surface area contributed by atoms with E-state index in [1.54, 1.807) is 6.92 Å². The number of ether oxygens (including phenoxy) is 2. The minimum Gasteiger partial charge on any atom is -0.425 e. The molecule has 1 rings (SSSR count). The molecule has 0 spiro atoms. The molecule has 0 bridgehead atoms. The van der Waals surface area contributed by atoms with E-state index in [0.29, 0.717) is 0 Å². The Hall–Kier alpha value is -1.95. The first-order valence-corrected chi connectivity index (χ1v) is 4.53. The van der Waals surface area contributed by atoms with E-state index < -0.39 is 17.0 Å². The van der Waals surface area contributed by atoms with Crippen LogP contribution in [0.5, 0.6) is 5.75 Å². The van der Waals surface area contributed by atoms with E-state index in [4.69, 9.17) is 9.47 Å². The summed E-state index contributed by atoms with van der Waals surface area (Å²) in [6.45, 7) is 1.55. The monoisotopic (exact) mass is 225 g/mol. The molecule has 0 radical (unpaired) electrons. The Bertz CT molecular complexity index is 387. The zero-order chi connectivity index (χ0) is 12.1. The average Bonchev–Trinajstić information content (AvgIpc) is 2.28. The third-order valence-corrected chi connectivity index (χ3v) is 1.95. The van der Waals surface area contributed by atoms with Gasteiger partial charge in [0.2, 0.25) is 0 Å². The summed E-state index contributed by atoms with van der Waals surface area (Å²) in [7, 11) is 1.39. The van der Waals surface area contributed by atoms with E-state index in [9.17, 15) is 14.9 Å². The molecule has 0 fully saturated rings. The second-order valence-corrected chi connectivity index (χ2v) is 3.05. The van der Waals surface area contributed by atoms with Crippen LogP contribution in [-0.2, 0) is 9.53 Å². The number of hydrogen-bond donors (Lipinski definition) is 0. The quantitative estimate of drug-likeness (QED) is 0.336. The van der Waals surface area contributed by atoms with Crippen molar-refractivity contribution >= 4 is 11.7 Å². The Morgan fingerprint density at radius 2 is 1.94 bits per heavy atom. The molecule has 0 heterocycles. The summed E-state index contributed by atoms with van der Waals surface area (Å²) < 4.78 is 9.68. The molecule has 6 heteroatoms. The highest BCUT2D eigenvalue weighted by molar-refractivity contribution is 5.76. The number of nitro groups is 1. The predicted octanol–water partition coefficient (Wildman–Crippen LogP) is 1.54. The van der Waals surface area contributed by atoms with Crippen molar-refractivity contribution in [3.8, 4) is 5.75 Å². The summed E-state index contributed by atoms with van der Waals surface area (Å²) >= 11 is 0. The molecule has 0 aliphatic heterocycles. The number of hydrogen-bond acceptors (Lipinski definition) is 5. The van der Waals surface area contributed by atoms with Gasteiger partial charge in [-0.2, -0.15) is 0 Å². The van der Waals surface area contributed by atoms with Gasteiger partial charge in [-0.15, -0.1) is 0 Å². The van der Waals surface area contributed by atoms with Crippen LogP contribution in [0.2, 0.25) is 0 Å². The van der Waals surface area contributed by atoms with E-state index in [-0.39, 0.29) is 11.4 Å². The van der Waals surface area contributed by atoms with Gasteiger partial charge in [-0.1, -0.05) is 0 Å². The fourth-order valence-corrected chi connectivity index (χ4v) is 0.931. The third kappa shape index (κ3) is 3.03. The van der Waals surface area contributed by atoms with Crippen LogP contribution >= 0.6 is 0 Å². The molecule has 0 amide bonds. The molecular formula is C10H11NO5. The van der Waals surface area contributed by atoms with E-state index >= 15 is 0 Å². The maximum absolute atomic E-state index is 11.3. The molecule has 16 heavy (non-hydrogen) atoms. The summed E-state index contributed by atoms with van der Waals surface area (Å²) in [5, 5.41) is 10.4. The van der Waals surface area contributed by atoms with Crippen LogP contribution in [0.3, 0.4) is 0 Å². The van der Waals surface area contributed by atoms with Crippen molar-refractivity contribution in [2.24, 2.45) is 0 Å². The van der Waals surface area contributed by atoms with Gasteiger partial charge < -0.3 is 9.47 Å². The lowest BCUT2D eigenvalue weighted by Crippen LogP contribution is -2.24. The third-order valence-electron chi connectivity index (χ3n) is 1.95. The minimum atomic E-state index is -0.671. The van der Waals surface area contributed by atoms with Crippen molar-refractivity contribution < 1.29 is 19.2 Å². The molecule has 0 aromatic heterocycles. The van der Waals surface area contributed by atoms with Gasteiger partial charge in [0.1, 0.15) is 5.75 Å². The molecule has 0 saturated heterocycles. The number of rotatable bonds is 4. The maximum Gasteiger partial charge on any atom is 0.340 e. The van der Waals surface area contributed by atoms with Crippen LogP contribution < -0.4 is 4.74 Å². The van der Waals surface area contributed by atoms with Crippen LogP contribution in [0.4, 0.5) is 5.69 Å². The SMILES string of the molecule is CO[C@H](C)C(=O)Oc1ccc([N+](=O)[O-])cc1. The maximum atomic E-state index is 11.3. The average molecular weight is 225 g/mol. The van der Waals surface area contributed by atoms with Gasteiger partial charge in [0.25, 0.3) is 5.69 Å². The smallest absolute Gasteiger partial charge is 0.340 e. The molecular weight excluding hydrogens is 214 g/mol. The fourth-order valence-electron chi connectivity index (χ4n) is 0.931. The number of non-ortho nitro benzene ring substituents is 1. The first kappa shape index (κ1) is 12.1. The number of methoxy groups -OCH3 is 1. The van der Waals surface area contributed by atoms with Gasteiger partial charge >= 0.3 is 5.97 Å². The van der Waals surface area contributed by atoms with Gasteiger partial charge in [-0.3, -0.25) is 10.1 Å². The minimum absolute atomic E-state index is 0.0559. The number of nitrogens with zero attached hydrogens (tertiary/aromatic N) is 1. The van der Waals surface area contributed by atoms with Crippen molar-refractivity contribution in [1.29, 1.82) is 0 Å². The predicted molar refractivity (Wildman–Crippen MR) is 55.2 cm³/mol. The summed E-state index contributed by atoms with van der Waals surface area (Å²) in [6, 6.07) is 5.25. The molecule has 0 saturated carbocycles. The van der Waals surface area contributed by atoms with Crippen LogP contribution in [0, 0.1) is 10.1 Å². The van der Waals surface area contributed by atoms with Gasteiger partial charge in [-0.05, 0) is 19.1 Å². The van der Waals surface area contributed by atoms with Crippen molar-refractivity contribution in [2.45, 2.75) is 13.0 Å². The largest absolute Gasteiger partial charge is 0.425 e. The van der Waals surface area contributed by atoms with E-state index in [2.05, 4.69) is 0 Å². The Labute approximate surface area is 91.9 Å². The summed E-state index contributed by atoms with van der Waals surface area (Å²) in [5.41, 5.74) is -0.0559. The van der Waals surface area contributed by atoms with Crippen LogP contribution in [0.1, 0.15) is 6.92 Å². The number of carbonyl (C=O) groups excluding carboxylic acids is 1. The molecule has 0 aliphatic rings. The Kier molecular flexibility index (Phi) is 3.96. The zero-order valence-electron chi connectivity index (χ0n) is 8.88. The molecule has 1 atom stereocenters. The first-order chi connectivity index (χ1) is 7.54. The lowest BCUT2D eigenvalue weighted by molar-refractivity contribution is -0.384. The molecule has 6 nitrogen and oxygen atoms in total. The summed E-state index contributed by atoms with van der Waals surface area (Å²) in [6.07, 6.45) is -0.671. The summed E-state index contributed by atoms with van der Waals surface area (Å²) in [4.78, 5) is 21.1. The number of carbonyl (C=O) groups is 1. The van der Waals surface area contributed by atoms with E-state index in [1.807, 2.05) is 0 Å². The van der Waals surface area contributed by atoms with Crippen molar-refractivity contribution in [3.05, 3.63) is 34.4 Å². The first-order valence-electron chi connectivity index (χ1n) is 4.53. The highest BCUT2D eigenvalue weighted by Gasteiger charge is 2.14. The highest BCUT2D eigenvalue weighted by Crippen LogP contribution is 2.17. The summed E-state index contributed by atoms with van der Waals surface area (Å²) in [5.74, 6) is -0.296. The van der Waals surface area contributed by atoms with Gasteiger partial charge in [0.15, 0.2) is 6.10 Å². The Morgan fingerprint density at radius 3 is 2.38 bits per heavy atom. The molecule has 86 valence electrons. The van der Waals surface area contributed by atoms with Crippen molar-refractivity contribution in [2.75, 3.05) is 7.11 Å². The van der Waals surface area contributed by atoms with Gasteiger partial charge in [0, 0.05) is 19.2 Å². The second kappa shape index (κ2) is 5.22. The zero-order valence-corrected chi connectivity index (χ0v) is 8.88. The van der Waals surface area contributed by atoms with Gasteiger partial charge in [-0.25, -0.2) is 4.79 Å². The molecule has 0 aliphatic carbocycles. The van der Waals surface area contributed by atoms with Crippen LogP contribution in [0.25, 0.3) is 0 Å². The van der Waals surface area contributed by atoms with E-state index in [1.165, 1.54) is 31.4 Å². The fraction of sp³-hybridized carbons (Fsp3) is 0.300. The Morgan fingerprint density at radius 1 is 1.38 bits per heavy atom. The number of nitro benzene ring substituents is 1. The molecule has 0 N–H and O–H groups in total. The lowest BCUT2D eigenvalue weighted by Gasteiger charge is -2.08. The van der Waals surface area contributed by atoms with Crippen molar-refractivity contribution in [3.63, 3.8) is 0 Å². The van der Waals surface area contributed by atoms with Crippen LogP contribution in [-0.4, -0.2) is 24.1 Å². The van der Waals surface area contributed by atoms with Crippen LogP contribution in [0.15, 0.2) is 24.3 Å². The van der Waals surface area contributed by atoms with E-state index in [0.717, 1.165) is 0 Å². The molecule has 0 unspecified atom stereocenters. The topological polar surface area (TPSA) is 78.7 Å².